The van der Waals surface area contributed by atoms with Crippen molar-refractivity contribution in [1.29, 1.82) is 0 Å². The standard InChI is InChI=1S/C22H34N6O2.HI/c1-23-22(28-8-7-20(18-28)26-13-15-30-16-14-26)24-17-21(29)27-11-9-25(10-12-27)19-5-3-2-4-6-19;/h2-6,20H,7-18H2,1H3,(H,23,24);1H. The second-order valence-electron chi connectivity index (χ2n) is 8.14. The van der Waals surface area contributed by atoms with Gasteiger partial charge in [-0.3, -0.25) is 14.7 Å². The molecule has 0 aromatic heterocycles. The van der Waals surface area contributed by atoms with Crippen molar-refractivity contribution in [2.45, 2.75) is 12.5 Å². The molecule has 3 heterocycles. The number of carbonyl (C=O) groups excluding carboxylic acids is 1. The predicted octanol–water partition coefficient (Wildman–Crippen LogP) is 0.935. The summed E-state index contributed by atoms with van der Waals surface area (Å²) in [5.41, 5.74) is 1.23. The average Bonchev–Trinajstić information content (AvgIpc) is 3.31. The smallest absolute Gasteiger partial charge is 0.242 e. The summed E-state index contributed by atoms with van der Waals surface area (Å²) in [4.78, 5) is 26.3. The van der Waals surface area contributed by atoms with Crippen LogP contribution in [0.4, 0.5) is 5.69 Å². The Labute approximate surface area is 202 Å². The van der Waals surface area contributed by atoms with Gasteiger partial charge in [0.1, 0.15) is 0 Å². The first-order valence-electron chi connectivity index (χ1n) is 11.1. The molecule has 3 fully saturated rings. The lowest BCUT2D eigenvalue weighted by Crippen LogP contribution is -2.52. The SMILES string of the molecule is CN=C(NCC(=O)N1CCN(c2ccccc2)CC1)N1CCC(N2CCOCC2)C1.I. The van der Waals surface area contributed by atoms with E-state index in [-0.39, 0.29) is 29.9 Å². The first-order valence-corrected chi connectivity index (χ1v) is 11.1. The van der Waals surface area contributed by atoms with Crippen LogP contribution in [0.25, 0.3) is 0 Å². The molecular formula is C22H35IN6O2. The molecule has 9 heteroatoms. The molecule has 1 atom stereocenters. The highest BCUT2D eigenvalue weighted by Crippen LogP contribution is 2.17. The van der Waals surface area contributed by atoms with Crippen molar-refractivity contribution in [1.82, 2.24) is 20.0 Å². The van der Waals surface area contributed by atoms with Crippen LogP contribution in [0.5, 0.6) is 0 Å². The largest absolute Gasteiger partial charge is 0.379 e. The molecule has 0 spiro atoms. The maximum absolute atomic E-state index is 12.7. The number of hydrogen-bond acceptors (Lipinski definition) is 5. The molecule has 3 aliphatic heterocycles. The van der Waals surface area contributed by atoms with Crippen LogP contribution in [0, 0.1) is 0 Å². The number of likely N-dealkylation sites (tertiary alicyclic amines) is 1. The van der Waals surface area contributed by atoms with Gasteiger partial charge in [0.05, 0.1) is 19.8 Å². The van der Waals surface area contributed by atoms with Gasteiger partial charge >= 0.3 is 0 Å². The van der Waals surface area contributed by atoms with Crippen molar-refractivity contribution in [2.24, 2.45) is 4.99 Å². The van der Waals surface area contributed by atoms with Crippen molar-refractivity contribution < 1.29 is 9.53 Å². The molecule has 1 aromatic carbocycles. The topological polar surface area (TPSA) is 63.7 Å². The molecule has 1 unspecified atom stereocenters. The molecule has 172 valence electrons. The summed E-state index contributed by atoms with van der Waals surface area (Å²) < 4.78 is 5.47. The van der Waals surface area contributed by atoms with Crippen LogP contribution < -0.4 is 10.2 Å². The third-order valence-corrected chi connectivity index (χ3v) is 6.39. The fourth-order valence-electron chi connectivity index (χ4n) is 4.63. The van der Waals surface area contributed by atoms with E-state index in [4.69, 9.17) is 4.74 Å². The number of nitrogens with one attached hydrogen (secondary N) is 1. The minimum atomic E-state index is 0. The van der Waals surface area contributed by atoms with E-state index < -0.39 is 0 Å². The average molecular weight is 542 g/mol. The number of hydrogen-bond donors (Lipinski definition) is 1. The van der Waals surface area contributed by atoms with Gasteiger partial charge in [-0.05, 0) is 18.6 Å². The summed E-state index contributed by atoms with van der Waals surface area (Å²) >= 11 is 0. The van der Waals surface area contributed by atoms with Crippen LogP contribution >= 0.6 is 24.0 Å². The number of aliphatic imine (C=N–C) groups is 1. The molecule has 3 saturated heterocycles. The lowest BCUT2D eigenvalue weighted by atomic mass is 10.2. The minimum absolute atomic E-state index is 0. The van der Waals surface area contributed by atoms with Gasteiger partial charge in [0, 0.05) is 71.1 Å². The van der Waals surface area contributed by atoms with Gasteiger partial charge in [0.25, 0.3) is 0 Å². The number of halogens is 1. The third-order valence-electron chi connectivity index (χ3n) is 6.39. The Balaban J connectivity index is 0.00000272. The number of para-hydroxylation sites is 1. The fraction of sp³-hybridized carbons (Fsp3) is 0.636. The van der Waals surface area contributed by atoms with Gasteiger partial charge in [-0.2, -0.15) is 0 Å². The predicted molar refractivity (Wildman–Crippen MR) is 134 cm³/mol. The van der Waals surface area contributed by atoms with Crippen LogP contribution in [0.1, 0.15) is 6.42 Å². The molecule has 3 aliphatic rings. The lowest BCUT2D eigenvalue weighted by molar-refractivity contribution is -0.130. The summed E-state index contributed by atoms with van der Waals surface area (Å²) in [5.74, 6) is 0.981. The number of amides is 1. The highest BCUT2D eigenvalue weighted by molar-refractivity contribution is 14.0. The summed E-state index contributed by atoms with van der Waals surface area (Å²) in [5, 5.41) is 3.30. The molecule has 1 aromatic rings. The van der Waals surface area contributed by atoms with Gasteiger partial charge in [0.2, 0.25) is 5.91 Å². The Kier molecular flexibility index (Phi) is 9.21. The van der Waals surface area contributed by atoms with Gasteiger partial charge in [-0.15, -0.1) is 24.0 Å². The molecule has 0 aliphatic carbocycles. The number of ether oxygens (including phenoxy) is 1. The highest BCUT2D eigenvalue weighted by atomic mass is 127. The maximum Gasteiger partial charge on any atom is 0.242 e. The molecular weight excluding hydrogens is 507 g/mol. The van der Waals surface area contributed by atoms with E-state index in [1.807, 2.05) is 11.0 Å². The Morgan fingerprint density at radius 2 is 1.74 bits per heavy atom. The molecule has 1 amide bonds. The first kappa shape index (κ1) is 24.1. The fourth-order valence-corrected chi connectivity index (χ4v) is 4.63. The monoisotopic (exact) mass is 542 g/mol. The van der Waals surface area contributed by atoms with Crippen molar-refractivity contribution in [3.63, 3.8) is 0 Å². The minimum Gasteiger partial charge on any atom is -0.379 e. The zero-order valence-corrected chi connectivity index (χ0v) is 20.7. The Hall–Kier alpha value is -1.59. The number of benzene rings is 1. The van der Waals surface area contributed by atoms with Crippen LogP contribution in [0.15, 0.2) is 35.3 Å². The lowest BCUT2D eigenvalue weighted by Gasteiger charge is -2.36. The van der Waals surface area contributed by atoms with E-state index in [1.54, 1.807) is 7.05 Å². The van der Waals surface area contributed by atoms with E-state index >= 15 is 0 Å². The first-order chi connectivity index (χ1) is 14.7. The van der Waals surface area contributed by atoms with E-state index in [1.165, 1.54) is 5.69 Å². The molecule has 0 saturated carbocycles. The van der Waals surface area contributed by atoms with E-state index in [2.05, 4.69) is 49.3 Å². The van der Waals surface area contributed by atoms with E-state index in [0.29, 0.717) is 12.6 Å². The zero-order chi connectivity index (χ0) is 20.8. The normalized spacial score (nSPS) is 22.9. The molecule has 31 heavy (non-hydrogen) atoms. The van der Waals surface area contributed by atoms with Crippen LogP contribution in [-0.4, -0.2) is 112 Å². The maximum atomic E-state index is 12.7. The Bertz CT molecular complexity index is 720. The van der Waals surface area contributed by atoms with Gasteiger partial charge in [-0.1, -0.05) is 18.2 Å². The number of carbonyl (C=O) groups is 1. The number of piperazine rings is 1. The van der Waals surface area contributed by atoms with Gasteiger partial charge < -0.3 is 24.8 Å². The van der Waals surface area contributed by atoms with Crippen LogP contribution in [0.2, 0.25) is 0 Å². The quantitative estimate of drug-likeness (QED) is 0.347. The number of guanidine groups is 1. The molecule has 1 N–H and O–H groups in total. The third kappa shape index (κ3) is 6.23. The second kappa shape index (κ2) is 11.9. The number of nitrogens with zero attached hydrogens (tertiary/aromatic N) is 5. The number of anilines is 1. The number of morpholine rings is 1. The van der Waals surface area contributed by atoms with Crippen molar-refractivity contribution in [3.8, 4) is 0 Å². The molecule has 0 radical (unpaired) electrons. The van der Waals surface area contributed by atoms with Gasteiger partial charge in [-0.25, -0.2) is 0 Å². The van der Waals surface area contributed by atoms with Crippen molar-refractivity contribution in [2.75, 3.05) is 84.1 Å². The Morgan fingerprint density at radius 1 is 1.03 bits per heavy atom. The summed E-state index contributed by atoms with van der Waals surface area (Å²) in [6.45, 7) is 9.19. The van der Waals surface area contributed by atoms with Crippen LogP contribution in [0.3, 0.4) is 0 Å². The van der Waals surface area contributed by atoms with Gasteiger partial charge in [0.15, 0.2) is 5.96 Å². The van der Waals surface area contributed by atoms with Crippen molar-refractivity contribution in [3.05, 3.63) is 30.3 Å². The molecule has 0 bridgehead atoms. The van der Waals surface area contributed by atoms with Crippen LogP contribution in [-0.2, 0) is 9.53 Å². The number of rotatable bonds is 4. The van der Waals surface area contributed by atoms with E-state index in [0.717, 1.165) is 78.0 Å². The zero-order valence-electron chi connectivity index (χ0n) is 18.4. The summed E-state index contributed by atoms with van der Waals surface area (Å²) in [6.07, 6.45) is 1.14. The molecule has 4 rings (SSSR count). The summed E-state index contributed by atoms with van der Waals surface area (Å²) in [7, 11) is 1.80. The Morgan fingerprint density at radius 3 is 2.42 bits per heavy atom. The summed E-state index contributed by atoms with van der Waals surface area (Å²) in [6, 6.07) is 11.0. The molecule has 8 nitrogen and oxygen atoms in total. The van der Waals surface area contributed by atoms with E-state index in [9.17, 15) is 4.79 Å². The highest BCUT2D eigenvalue weighted by Gasteiger charge is 2.30. The van der Waals surface area contributed by atoms with Crippen molar-refractivity contribution >= 4 is 41.5 Å². The second-order valence-corrected chi connectivity index (χ2v) is 8.14.